The van der Waals surface area contributed by atoms with E-state index in [9.17, 15) is 9.59 Å². The predicted molar refractivity (Wildman–Crippen MR) is 76.8 cm³/mol. The lowest BCUT2D eigenvalue weighted by atomic mass is 9.81. The summed E-state index contributed by atoms with van der Waals surface area (Å²) in [5, 5.41) is 0.869. The van der Waals surface area contributed by atoms with Gasteiger partial charge in [0, 0.05) is 5.02 Å². The Kier molecular flexibility index (Phi) is 2.67. The Labute approximate surface area is 126 Å². The summed E-state index contributed by atoms with van der Waals surface area (Å²) in [7, 11) is 0. The van der Waals surface area contributed by atoms with E-state index >= 15 is 0 Å². The van der Waals surface area contributed by atoms with Crippen molar-refractivity contribution in [2.24, 2.45) is 23.7 Å². The van der Waals surface area contributed by atoms with Crippen molar-refractivity contribution in [1.29, 1.82) is 0 Å². The number of hydrogen-bond acceptors (Lipinski definition) is 2. The summed E-state index contributed by atoms with van der Waals surface area (Å²) in [5.41, 5.74) is 0.433. The SMILES string of the molecule is O=C1[C@@H]2[C@@H]3CC[C@@H](C3)[C@@H]2C(=O)N1c1cc(Cl)ccc1Cl. The average Bonchev–Trinajstić information content (AvgIpc) is 3.08. The molecule has 104 valence electrons. The van der Waals surface area contributed by atoms with Crippen molar-refractivity contribution in [3.05, 3.63) is 28.2 Å². The van der Waals surface area contributed by atoms with Crippen LogP contribution in [0.15, 0.2) is 18.2 Å². The van der Waals surface area contributed by atoms with Gasteiger partial charge in [-0.25, -0.2) is 4.90 Å². The molecule has 20 heavy (non-hydrogen) atoms. The normalized spacial score (nSPS) is 35.0. The van der Waals surface area contributed by atoms with Gasteiger partial charge in [-0.2, -0.15) is 0 Å². The number of fused-ring (bicyclic) bond motifs is 5. The van der Waals surface area contributed by atoms with Gasteiger partial charge >= 0.3 is 0 Å². The molecule has 0 spiro atoms. The molecular weight excluding hydrogens is 297 g/mol. The van der Waals surface area contributed by atoms with Gasteiger partial charge in [0.15, 0.2) is 0 Å². The van der Waals surface area contributed by atoms with Crippen LogP contribution in [0.2, 0.25) is 10.0 Å². The Balaban J connectivity index is 1.79. The molecule has 2 aliphatic carbocycles. The number of anilines is 1. The zero-order valence-corrected chi connectivity index (χ0v) is 12.2. The molecule has 1 heterocycles. The molecular formula is C15H13Cl2NO2. The van der Waals surface area contributed by atoms with Gasteiger partial charge in [-0.1, -0.05) is 23.2 Å². The number of carbonyl (C=O) groups is 2. The third-order valence-corrected chi connectivity index (χ3v) is 5.63. The highest BCUT2D eigenvalue weighted by Gasteiger charge is 2.61. The predicted octanol–water partition coefficient (Wildman–Crippen LogP) is 3.53. The fourth-order valence-electron chi connectivity index (χ4n) is 4.30. The van der Waals surface area contributed by atoms with Crippen molar-refractivity contribution in [3.8, 4) is 0 Å². The topological polar surface area (TPSA) is 37.4 Å². The van der Waals surface area contributed by atoms with Crippen molar-refractivity contribution in [2.45, 2.75) is 19.3 Å². The fourth-order valence-corrected chi connectivity index (χ4v) is 4.67. The van der Waals surface area contributed by atoms with E-state index in [1.54, 1.807) is 18.2 Å². The van der Waals surface area contributed by atoms with Crippen LogP contribution in [0.5, 0.6) is 0 Å². The summed E-state index contributed by atoms with van der Waals surface area (Å²) < 4.78 is 0. The number of carbonyl (C=O) groups excluding carboxylic acids is 2. The number of nitrogens with zero attached hydrogens (tertiary/aromatic N) is 1. The second-order valence-corrected chi connectivity index (χ2v) is 6.84. The van der Waals surface area contributed by atoms with Gasteiger partial charge in [0.1, 0.15) is 0 Å². The first-order valence-electron chi connectivity index (χ1n) is 6.91. The number of amides is 2. The summed E-state index contributed by atoms with van der Waals surface area (Å²) in [5.74, 6) is 0.328. The molecule has 2 amide bonds. The first kappa shape index (κ1) is 12.7. The van der Waals surface area contributed by atoms with Crippen LogP contribution in [0.4, 0.5) is 5.69 Å². The molecule has 5 heteroatoms. The highest BCUT2D eigenvalue weighted by Crippen LogP contribution is 2.57. The standard InChI is InChI=1S/C15H13Cl2NO2/c16-9-3-4-10(17)11(6-9)18-14(19)12-7-1-2-8(5-7)13(12)15(18)20/h3-4,6-8,12-13H,1-2,5H2/t7-,8+,12-,13+. The monoisotopic (exact) mass is 309 g/mol. The van der Waals surface area contributed by atoms with Crippen molar-refractivity contribution < 1.29 is 9.59 Å². The molecule has 4 atom stereocenters. The molecule has 1 aromatic rings. The third-order valence-electron chi connectivity index (χ3n) is 5.08. The van der Waals surface area contributed by atoms with Crippen LogP contribution in [0.25, 0.3) is 0 Å². The van der Waals surface area contributed by atoms with Crippen molar-refractivity contribution in [2.75, 3.05) is 4.90 Å². The average molecular weight is 310 g/mol. The molecule has 1 aliphatic heterocycles. The second-order valence-electron chi connectivity index (χ2n) is 5.99. The van der Waals surface area contributed by atoms with Crippen molar-refractivity contribution in [1.82, 2.24) is 0 Å². The number of benzene rings is 1. The highest BCUT2D eigenvalue weighted by atomic mass is 35.5. The van der Waals surface area contributed by atoms with Gasteiger partial charge in [-0.3, -0.25) is 9.59 Å². The number of halogens is 2. The van der Waals surface area contributed by atoms with E-state index in [0.717, 1.165) is 19.3 Å². The van der Waals surface area contributed by atoms with Crippen LogP contribution >= 0.6 is 23.2 Å². The van der Waals surface area contributed by atoms with Crippen LogP contribution in [0.3, 0.4) is 0 Å². The van der Waals surface area contributed by atoms with Crippen LogP contribution in [0.1, 0.15) is 19.3 Å². The van der Waals surface area contributed by atoms with Crippen LogP contribution in [0, 0.1) is 23.7 Å². The van der Waals surface area contributed by atoms with Gasteiger partial charge in [-0.05, 0) is 49.3 Å². The largest absolute Gasteiger partial charge is 0.274 e. The van der Waals surface area contributed by atoms with Crippen LogP contribution < -0.4 is 4.90 Å². The van der Waals surface area contributed by atoms with E-state index in [1.165, 1.54) is 4.90 Å². The van der Waals surface area contributed by atoms with Crippen LogP contribution in [-0.2, 0) is 9.59 Å². The smallest absolute Gasteiger partial charge is 0.238 e. The summed E-state index contributed by atoms with van der Waals surface area (Å²) in [4.78, 5) is 26.6. The van der Waals surface area contributed by atoms with E-state index in [2.05, 4.69) is 0 Å². The fraction of sp³-hybridized carbons (Fsp3) is 0.467. The van der Waals surface area contributed by atoms with Crippen molar-refractivity contribution in [3.63, 3.8) is 0 Å². The summed E-state index contributed by atoms with van der Waals surface area (Å²) in [6, 6.07) is 4.88. The van der Waals surface area contributed by atoms with Crippen LogP contribution in [-0.4, -0.2) is 11.8 Å². The maximum absolute atomic E-state index is 12.7. The molecule has 3 nitrogen and oxygen atoms in total. The summed E-state index contributed by atoms with van der Waals surface area (Å²) in [6.45, 7) is 0. The third kappa shape index (κ3) is 1.54. The van der Waals surface area contributed by atoms with Gasteiger partial charge in [-0.15, -0.1) is 0 Å². The Bertz CT molecular complexity index is 602. The lowest BCUT2D eigenvalue weighted by Crippen LogP contribution is -2.33. The lowest BCUT2D eigenvalue weighted by Gasteiger charge is -2.19. The molecule has 0 unspecified atom stereocenters. The molecule has 4 rings (SSSR count). The summed E-state index contributed by atoms with van der Waals surface area (Å²) in [6.07, 6.45) is 3.17. The quantitative estimate of drug-likeness (QED) is 0.744. The van der Waals surface area contributed by atoms with Gasteiger partial charge < -0.3 is 0 Å². The van der Waals surface area contributed by atoms with E-state index in [0.29, 0.717) is 27.6 Å². The van der Waals surface area contributed by atoms with Gasteiger partial charge in [0.2, 0.25) is 11.8 Å². The maximum atomic E-state index is 12.7. The first-order chi connectivity index (χ1) is 9.58. The first-order valence-corrected chi connectivity index (χ1v) is 7.66. The Morgan fingerprint density at radius 3 is 2.20 bits per heavy atom. The number of imide groups is 1. The maximum Gasteiger partial charge on any atom is 0.238 e. The molecule has 2 saturated carbocycles. The highest BCUT2D eigenvalue weighted by molar-refractivity contribution is 6.37. The number of rotatable bonds is 1. The molecule has 0 N–H and O–H groups in total. The molecule has 3 aliphatic rings. The molecule has 1 saturated heterocycles. The Morgan fingerprint density at radius 1 is 1.00 bits per heavy atom. The molecule has 3 fully saturated rings. The Hall–Kier alpha value is -1.06. The van der Waals surface area contributed by atoms with E-state index in [4.69, 9.17) is 23.2 Å². The summed E-state index contributed by atoms with van der Waals surface area (Å²) >= 11 is 12.1. The van der Waals surface area contributed by atoms with Crippen molar-refractivity contribution >= 4 is 40.7 Å². The zero-order valence-electron chi connectivity index (χ0n) is 10.7. The minimum absolute atomic E-state index is 0.0867. The molecule has 0 aromatic heterocycles. The second kappa shape index (κ2) is 4.22. The van der Waals surface area contributed by atoms with Gasteiger partial charge in [0.05, 0.1) is 22.5 Å². The minimum atomic E-state index is -0.128. The van der Waals surface area contributed by atoms with Gasteiger partial charge in [0.25, 0.3) is 0 Å². The Morgan fingerprint density at radius 2 is 1.60 bits per heavy atom. The van der Waals surface area contributed by atoms with E-state index in [1.807, 2.05) is 0 Å². The molecule has 2 bridgehead atoms. The number of hydrogen-bond donors (Lipinski definition) is 0. The van der Waals surface area contributed by atoms with E-state index in [-0.39, 0.29) is 23.7 Å². The van der Waals surface area contributed by atoms with E-state index < -0.39 is 0 Å². The zero-order chi connectivity index (χ0) is 14.0. The molecule has 0 radical (unpaired) electrons. The lowest BCUT2D eigenvalue weighted by molar-refractivity contribution is -0.123. The molecule has 1 aromatic carbocycles. The minimum Gasteiger partial charge on any atom is -0.274 e.